The molecule has 0 aromatic heterocycles. The van der Waals surface area contributed by atoms with Crippen molar-refractivity contribution in [1.29, 1.82) is 0 Å². The van der Waals surface area contributed by atoms with Crippen LogP contribution in [-0.2, 0) is 55.4 Å². The second-order valence-corrected chi connectivity index (χ2v) is 20.2. The lowest BCUT2D eigenvalue weighted by Crippen LogP contribution is -2.77. The summed E-state index contributed by atoms with van der Waals surface area (Å²) in [5, 5.41) is 41.6. The summed E-state index contributed by atoms with van der Waals surface area (Å²) in [7, 11) is -12.3. The molecule has 0 spiro atoms. The van der Waals surface area contributed by atoms with E-state index in [9.17, 15) is 62.7 Å². The van der Waals surface area contributed by atoms with Crippen molar-refractivity contribution < 1.29 is 71.6 Å². The van der Waals surface area contributed by atoms with Crippen LogP contribution in [-0.4, -0.2) is 142 Å². The second-order valence-electron chi connectivity index (χ2n) is 14.6. The zero-order chi connectivity index (χ0) is 39.7. The Morgan fingerprint density at radius 1 is 0.796 bits per heavy atom. The van der Waals surface area contributed by atoms with Crippen LogP contribution in [0, 0.1) is 17.8 Å². The number of carboxylic acids is 1. The number of aliphatic hydroxyl groups excluding tert-OH is 1. The van der Waals surface area contributed by atoms with E-state index in [-0.39, 0.29) is 51.4 Å². The number of hydrogen-bond acceptors (Lipinski definition) is 18. The molecule has 5 fully saturated rings. The topological polar surface area (TPSA) is 361 Å². The third-order valence-electron chi connectivity index (χ3n) is 11.3. The number of azo groups is 1. The Morgan fingerprint density at radius 2 is 1.41 bits per heavy atom. The van der Waals surface area contributed by atoms with Crippen molar-refractivity contribution in [3.05, 3.63) is 0 Å². The molecule has 11 N–H and O–H groups in total. The second kappa shape index (κ2) is 17.6. The molecule has 4 saturated carbocycles. The van der Waals surface area contributed by atoms with E-state index >= 15 is 0 Å². The summed E-state index contributed by atoms with van der Waals surface area (Å²) in [5.41, 5.74) is 0. The number of hydrogen-bond donors (Lipinski definition) is 11. The number of aliphatic carboxylic acids is 1. The minimum Gasteiger partial charge on any atom is -0.481 e. The van der Waals surface area contributed by atoms with E-state index in [1.54, 1.807) is 0 Å². The van der Waals surface area contributed by atoms with Gasteiger partial charge in [0, 0.05) is 25.1 Å². The zero-order valence-corrected chi connectivity index (χ0v) is 32.3. The van der Waals surface area contributed by atoms with Crippen molar-refractivity contribution in [3.63, 3.8) is 0 Å². The van der Waals surface area contributed by atoms with Crippen molar-refractivity contribution in [1.82, 2.24) is 26.6 Å². The molecule has 0 amide bonds. The van der Waals surface area contributed by atoms with Gasteiger partial charge in [0.15, 0.2) is 6.35 Å². The molecule has 54 heavy (non-hydrogen) atoms. The Balaban J connectivity index is 1.40. The fourth-order valence-electron chi connectivity index (χ4n) is 8.75. The van der Waals surface area contributed by atoms with Crippen molar-refractivity contribution in [3.8, 4) is 0 Å². The summed E-state index contributed by atoms with van der Waals surface area (Å²) in [4.78, 5) is 12.1. The molecule has 0 aromatic rings. The summed E-state index contributed by atoms with van der Waals surface area (Å²) >= 11 is -2.87. The number of fused-ring (bicyclic) bond motifs is 1. The Kier molecular flexibility index (Phi) is 14.3. The summed E-state index contributed by atoms with van der Waals surface area (Å²) < 4.78 is 135. The van der Waals surface area contributed by atoms with Gasteiger partial charge < -0.3 is 14.9 Å². The average Bonchev–Trinajstić information content (AvgIpc) is 3.06. The Morgan fingerprint density at radius 3 is 1.98 bits per heavy atom. The largest absolute Gasteiger partial charge is 0.481 e. The highest BCUT2D eigenvalue weighted by Crippen LogP contribution is 2.45. The van der Waals surface area contributed by atoms with Gasteiger partial charge in [-0.1, -0.05) is 12.8 Å². The number of methoxy groups -OCH3 is 1. The molecular weight excluding hydrogens is 807 g/mol. The van der Waals surface area contributed by atoms with Gasteiger partial charge in [-0.05, 0) is 57.3 Å². The normalized spacial score (nSPS) is 41.9. The van der Waals surface area contributed by atoms with Gasteiger partial charge >= 0.3 is 17.3 Å². The maximum absolute atomic E-state index is 12.5. The first-order valence-corrected chi connectivity index (χ1v) is 23.0. The summed E-state index contributed by atoms with van der Waals surface area (Å²) in [5.74, 6) is -3.81. The summed E-state index contributed by atoms with van der Waals surface area (Å²) in [6, 6.07) is -4.21. The third-order valence-corrected chi connectivity index (χ3v) is 15.5. The van der Waals surface area contributed by atoms with Gasteiger partial charge in [0.25, 0.3) is 30.4 Å². The highest BCUT2D eigenvalue weighted by Gasteiger charge is 2.54. The number of ether oxygens (including phenoxy) is 1. The van der Waals surface area contributed by atoms with Crippen LogP contribution < -0.4 is 26.6 Å². The molecule has 16 atom stereocenters. The molecule has 16 unspecified atom stereocenters. The minimum absolute atomic E-state index is 0.0395. The van der Waals surface area contributed by atoms with Gasteiger partial charge in [0.1, 0.15) is 30.0 Å². The van der Waals surface area contributed by atoms with Crippen molar-refractivity contribution in [2.24, 2.45) is 28.0 Å². The molecule has 0 radical (unpaired) electrons. The van der Waals surface area contributed by atoms with E-state index in [0.29, 0.717) is 12.8 Å². The molecule has 1 aliphatic heterocycles. The molecule has 23 nitrogen and oxygen atoms in total. The van der Waals surface area contributed by atoms with Crippen LogP contribution in [0.15, 0.2) is 10.2 Å². The molecule has 312 valence electrons. The fourth-order valence-corrected chi connectivity index (χ4v) is 12.0. The first kappa shape index (κ1) is 43.7. The van der Waals surface area contributed by atoms with Crippen LogP contribution in [0.3, 0.4) is 0 Å². The lowest BCUT2D eigenvalue weighted by atomic mass is 9.64. The monoisotopic (exact) mass is 855 g/mol. The summed E-state index contributed by atoms with van der Waals surface area (Å²) in [6.45, 7) is 0. The molecule has 4 aliphatic carbocycles. The lowest BCUT2D eigenvalue weighted by molar-refractivity contribution is -0.144. The van der Waals surface area contributed by atoms with Gasteiger partial charge in [-0.2, -0.15) is 39.7 Å². The molecule has 5 aliphatic rings. The molecule has 1 heterocycles. The Labute approximate surface area is 315 Å². The van der Waals surface area contributed by atoms with Crippen molar-refractivity contribution >= 4 is 47.7 Å². The fraction of sp³-hybridized carbons (Fsp3) is 0.963. The Bertz CT molecular complexity index is 1730. The first-order chi connectivity index (χ1) is 25.1. The SMILES string of the molecule is COC1NC(NC2CC(S(=O)(=O)O)CCC2C(=O)O)NC(NC2CC(S(=O)(=O)O)CC3CC(OS(=O)O)C(N=NC4CCCCC4S(=O)(=O)O)C(O)C32)N1. The van der Waals surface area contributed by atoms with Gasteiger partial charge in [0.05, 0.1) is 28.6 Å². The highest BCUT2D eigenvalue weighted by atomic mass is 32.2. The number of carboxylic acid groups (broad SMARTS) is 1. The molecule has 0 aromatic carbocycles. The number of nitrogens with zero attached hydrogens (tertiary/aromatic N) is 2. The van der Waals surface area contributed by atoms with Gasteiger partial charge in [-0.3, -0.25) is 53.8 Å². The van der Waals surface area contributed by atoms with Crippen molar-refractivity contribution in [2.75, 3.05) is 7.11 Å². The van der Waals surface area contributed by atoms with Gasteiger partial charge in [0.2, 0.25) is 0 Å². The van der Waals surface area contributed by atoms with E-state index in [2.05, 4.69) is 36.8 Å². The van der Waals surface area contributed by atoms with E-state index in [4.69, 9.17) is 8.92 Å². The zero-order valence-electron chi connectivity index (χ0n) is 29.0. The van der Waals surface area contributed by atoms with Crippen LogP contribution in [0.2, 0.25) is 0 Å². The van der Waals surface area contributed by atoms with Crippen LogP contribution in [0.25, 0.3) is 0 Å². The van der Waals surface area contributed by atoms with Gasteiger partial charge in [-0.15, -0.1) is 0 Å². The maximum Gasteiger partial charge on any atom is 0.308 e. The predicted octanol–water partition coefficient (Wildman–Crippen LogP) is -2.09. The van der Waals surface area contributed by atoms with Gasteiger partial charge in [-0.25, -0.2) is 0 Å². The number of rotatable bonds is 13. The smallest absolute Gasteiger partial charge is 0.308 e. The van der Waals surface area contributed by atoms with E-state index in [1.807, 2.05) is 0 Å². The van der Waals surface area contributed by atoms with Crippen molar-refractivity contribution in [2.45, 2.75) is 135 Å². The van der Waals surface area contributed by atoms with E-state index < -0.39 is 136 Å². The third kappa shape index (κ3) is 10.7. The predicted molar refractivity (Wildman–Crippen MR) is 186 cm³/mol. The Hall–Kier alpha value is -1.41. The van der Waals surface area contributed by atoms with Crippen LogP contribution in [0.4, 0.5) is 0 Å². The highest BCUT2D eigenvalue weighted by molar-refractivity contribution is 7.87. The quantitative estimate of drug-likeness (QED) is 0.0537. The summed E-state index contributed by atoms with van der Waals surface area (Å²) in [6.07, 6.45) is -5.10. The molecule has 0 bridgehead atoms. The lowest BCUT2D eigenvalue weighted by Gasteiger charge is -2.51. The first-order valence-electron chi connectivity index (χ1n) is 17.5. The van der Waals surface area contributed by atoms with Crippen LogP contribution in [0.1, 0.15) is 64.2 Å². The average molecular weight is 856 g/mol. The molecule has 1 saturated heterocycles. The van der Waals surface area contributed by atoms with Crippen LogP contribution in [0.5, 0.6) is 0 Å². The maximum atomic E-state index is 12.5. The van der Waals surface area contributed by atoms with E-state index in [0.717, 1.165) is 0 Å². The molecular formula is C27H49N7O16S4. The van der Waals surface area contributed by atoms with E-state index in [1.165, 1.54) is 7.11 Å². The molecule has 5 rings (SSSR count). The molecule has 27 heteroatoms. The number of nitrogens with one attached hydrogen (secondary N) is 5. The minimum atomic E-state index is -4.65. The number of carbonyl (C=O) groups is 1. The number of aliphatic hydroxyl groups is 1. The van der Waals surface area contributed by atoms with Crippen LogP contribution >= 0.6 is 0 Å². The standard InChI is InChI=1S/C27H49N7O16S4/c1-49-27-31-25(28-17-10-13(52(40,41)42)6-7-15(17)24(36)37)30-26(32-27)29-18-11-14(53(43,44)45)8-12-9-19(50-51(38)39)22(23(35)21(12)18)34-33-16-4-2-3-5-20(16)54(46,47)48/h12-23,25-32,35H,2-11H2,1H3,(H,36,37)(H,38,39)(H,40,41,42)(H,43,44,45)(H,46,47,48).